The highest BCUT2D eigenvalue weighted by Gasteiger charge is 2.17. The molecule has 2 aromatic rings. The highest BCUT2D eigenvalue weighted by Crippen LogP contribution is 2.23. The van der Waals surface area contributed by atoms with Crippen molar-refractivity contribution in [3.63, 3.8) is 0 Å². The number of nitrogens with two attached hydrogens (primary N) is 1. The van der Waals surface area contributed by atoms with Crippen molar-refractivity contribution in [2.75, 3.05) is 6.54 Å². The molecule has 20 heavy (non-hydrogen) atoms. The standard InChI is InChI=1S/C16H22FN3/c1-4-14-13(8-9-18)15(5-2)20(19-14)16-7-6-12(17)10-11(16)3/h6-7,10H,4-5,8-9,18H2,1-3H3. The maximum atomic E-state index is 13.3. The number of rotatable bonds is 5. The summed E-state index contributed by atoms with van der Waals surface area (Å²) in [6.45, 7) is 6.75. The lowest BCUT2D eigenvalue weighted by Crippen LogP contribution is -2.08. The molecule has 2 rings (SSSR count). The summed E-state index contributed by atoms with van der Waals surface area (Å²) >= 11 is 0. The Morgan fingerprint density at radius 1 is 1.25 bits per heavy atom. The molecule has 2 N–H and O–H groups in total. The number of aromatic nitrogens is 2. The van der Waals surface area contributed by atoms with Crippen molar-refractivity contribution < 1.29 is 4.39 Å². The Morgan fingerprint density at radius 3 is 2.55 bits per heavy atom. The second kappa shape index (κ2) is 6.18. The van der Waals surface area contributed by atoms with Gasteiger partial charge >= 0.3 is 0 Å². The molecule has 0 spiro atoms. The van der Waals surface area contributed by atoms with Gasteiger partial charge in [-0.2, -0.15) is 5.10 Å². The number of hydrogen-bond donors (Lipinski definition) is 1. The van der Waals surface area contributed by atoms with Crippen LogP contribution in [-0.2, 0) is 19.3 Å². The molecule has 0 radical (unpaired) electrons. The van der Waals surface area contributed by atoms with E-state index in [4.69, 9.17) is 10.8 Å². The molecule has 0 aliphatic rings. The molecule has 0 aliphatic heterocycles. The zero-order valence-electron chi connectivity index (χ0n) is 12.4. The van der Waals surface area contributed by atoms with E-state index in [-0.39, 0.29) is 5.82 Å². The number of halogens is 1. The Bertz CT molecular complexity index is 602. The zero-order valence-corrected chi connectivity index (χ0v) is 12.4. The van der Waals surface area contributed by atoms with Crippen LogP contribution in [0.4, 0.5) is 4.39 Å². The third kappa shape index (κ3) is 2.61. The lowest BCUT2D eigenvalue weighted by Gasteiger charge is -2.10. The molecule has 0 fully saturated rings. The molecule has 4 heteroatoms. The van der Waals surface area contributed by atoms with Gasteiger partial charge in [0, 0.05) is 5.69 Å². The Balaban J connectivity index is 2.61. The largest absolute Gasteiger partial charge is 0.330 e. The van der Waals surface area contributed by atoms with E-state index in [9.17, 15) is 4.39 Å². The van der Waals surface area contributed by atoms with Gasteiger partial charge in [-0.25, -0.2) is 9.07 Å². The van der Waals surface area contributed by atoms with Gasteiger partial charge in [0.25, 0.3) is 0 Å². The van der Waals surface area contributed by atoms with Crippen molar-refractivity contribution in [3.8, 4) is 5.69 Å². The Kier molecular flexibility index (Phi) is 4.55. The molecule has 0 saturated heterocycles. The van der Waals surface area contributed by atoms with Crippen molar-refractivity contribution in [1.29, 1.82) is 0 Å². The van der Waals surface area contributed by atoms with Crippen LogP contribution < -0.4 is 5.73 Å². The minimum atomic E-state index is -0.214. The van der Waals surface area contributed by atoms with E-state index in [2.05, 4.69) is 13.8 Å². The Morgan fingerprint density at radius 2 is 2.00 bits per heavy atom. The summed E-state index contributed by atoms with van der Waals surface area (Å²) in [6, 6.07) is 4.82. The van der Waals surface area contributed by atoms with Crippen LogP contribution in [0.1, 0.15) is 36.4 Å². The van der Waals surface area contributed by atoms with Gasteiger partial charge in [-0.05, 0) is 62.1 Å². The van der Waals surface area contributed by atoms with Crippen LogP contribution in [-0.4, -0.2) is 16.3 Å². The number of hydrogen-bond acceptors (Lipinski definition) is 2. The minimum Gasteiger partial charge on any atom is -0.330 e. The number of aryl methyl sites for hydroxylation is 2. The van der Waals surface area contributed by atoms with E-state index in [0.29, 0.717) is 6.54 Å². The fourth-order valence-corrected chi connectivity index (χ4v) is 2.67. The zero-order chi connectivity index (χ0) is 14.7. The number of benzene rings is 1. The third-order valence-electron chi connectivity index (χ3n) is 3.62. The predicted molar refractivity (Wildman–Crippen MR) is 79.8 cm³/mol. The predicted octanol–water partition coefficient (Wildman–Crippen LogP) is 2.95. The van der Waals surface area contributed by atoms with Gasteiger partial charge in [-0.3, -0.25) is 0 Å². The maximum Gasteiger partial charge on any atom is 0.123 e. The van der Waals surface area contributed by atoms with Crippen LogP contribution in [0.15, 0.2) is 18.2 Å². The maximum absolute atomic E-state index is 13.3. The summed E-state index contributed by atoms with van der Waals surface area (Å²) in [4.78, 5) is 0. The lowest BCUT2D eigenvalue weighted by atomic mass is 10.1. The van der Waals surface area contributed by atoms with Crippen LogP contribution in [0.2, 0.25) is 0 Å². The summed E-state index contributed by atoms with van der Waals surface area (Å²) in [7, 11) is 0. The van der Waals surface area contributed by atoms with Gasteiger partial charge in [0.15, 0.2) is 0 Å². The minimum absolute atomic E-state index is 0.214. The van der Waals surface area contributed by atoms with Crippen LogP contribution in [0, 0.1) is 12.7 Å². The molecule has 108 valence electrons. The first kappa shape index (κ1) is 14.7. The van der Waals surface area contributed by atoms with E-state index < -0.39 is 0 Å². The second-order valence-electron chi connectivity index (χ2n) is 4.96. The lowest BCUT2D eigenvalue weighted by molar-refractivity contribution is 0.625. The molecule has 0 unspecified atom stereocenters. The fourth-order valence-electron chi connectivity index (χ4n) is 2.67. The van der Waals surface area contributed by atoms with Crippen molar-refractivity contribution in [3.05, 3.63) is 46.5 Å². The topological polar surface area (TPSA) is 43.8 Å². The van der Waals surface area contributed by atoms with E-state index in [1.807, 2.05) is 11.6 Å². The molecule has 0 aliphatic carbocycles. The monoisotopic (exact) mass is 275 g/mol. The summed E-state index contributed by atoms with van der Waals surface area (Å²) in [5.74, 6) is -0.214. The van der Waals surface area contributed by atoms with Crippen LogP contribution in [0.25, 0.3) is 5.69 Å². The Labute approximate surface area is 119 Å². The van der Waals surface area contributed by atoms with E-state index in [1.165, 1.54) is 17.3 Å². The molecule has 1 aromatic heterocycles. The van der Waals surface area contributed by atoms with E-state index in [1.54, 1.807) is 12.1 Å². The molecule has 0 saturated carbocycles. The van der Waals surface area contributed by atoms with Gasteiger partial charge < -0.3 is 5.73 Å². The molecular weight excluding hydrogens is 253 g/mol. The van der Waals surface area contributed by atoms with Gasteiger partial charge in [0.1, 0.15) is 5.82 Å². The molecule has 0 bridgehead atoms. The van der Waals surface area contributed by atoms with Crippen LogP contribution in [0.3, 0.4) is 0 Å². The molecule has 1 aromatic carbocycles. The SMILES string of the molecule is CCc1nn(-c2ccc(F)cc2C)c(CC)c1CCN. The van der Waals surface area contributed by atoms with Gasteiger partial charge in [0.2, 0.25) is 0 Å². The first-order valence-corrected chi connectivity index (χ1v) is 7.18. The summed E-state index contributed by atoms with van der Waals surface area (Å²) in [6.07, 6.45) is 2.61. The molecule has 1 heterocycles. The first-order chi connectivity index (χ1) is 9.62. The van der Waals surface area contributed by atoms with Crippen molar-refractivity contribution in [1.82, 2.24) is 9.78 Å². The van der Waals surface area contributed by atoms with Gasteiger partial charge in [-0.1, -0.05) is 13.8 Å². The average Bonchev–Trinajstić information content (AvgIpc) is 2.77. The summed E-state index contributed by atoms with van der Waals surface area (Å²) in [5, 5.41) is 4.72. The smallest absolute Gasteiger partial charge is 0.123 e. The van der Waals surface area contributed by atoms with Crippen molar-refractivity contribution >= 4 is 0 Å². The quantitative estimate of drug-likeness (QED) is 0.911. The normalized spacial score (nSPS) is 11.1. The van der Waals surface area contributed by atoms with E-state index >= 15 is 0 Å². The van der Waals surface area contributed by atoms with Crippen molar-refractivity contribution in [2.45, 2.75) is 40.0 Å². The highest BCUT2D eigenvalue weighted by atomic mass is 19.1. The molecule has 3 nitrogen and oxygen atoms in total. The summed E-state index contributed by atoms with van der Waals surface area (Å²) in [5.41, 5.74) is 11.1. The first-order valence-electron chi connectivity index (χ1n) is 7.18. The van der Waals surface area contributed by atoms with Crippen LogP contribution >= 0.6 is 0 Å². The molecular formula is C16H22FN3. The Hall–Kier alpha value is -1.68. The van der Waals surface area contributed by atoms with Gasteiger partial charge in [0.05, 0.1) is 11.4 Å². The van der Waals surface area contributed by atoms with E-state index in [0.717, 1.165) is 36.2 Å². The summed E-state index contributed by atoms with van der Waals surface area (Å²) < 4.78 is 15.2. The highest BCUT2D eigenvalue weighted by molar-refractivity contribution is 5.43. The van der Waals surface area contributed by atoms with Gasteiger partial charge in [-0.15, -0.1) is 0 Å². The molecule has 0 amide bonds. The second-order valence-corrected chi connectivity index (χ2v) is 4.96. The van der Waals surface area contributed by atoms with Crippen LogP contribution in [0.5, 0.6) is 0 Å². The van der Waals surface area contributed by atoms with Crippen molar-refractivity contribution in [2.24, 2.45) is 5.73 Å². The average molecular weight is 275 g/mol. The number of nitrogens with zero attached hydrogens (tertiary/aromatic N) is 2. The molecule has 0 atom stereocenters. The third-order valence-corrected chi connectivity index (χ3v) is 3.62. The fraction of sp³-hybridized carbons (Fsp3) is 0.438.